The van der Waals surface area contributed by atoms with Crippen molar-refractivity contribution in [1.82, 2.24) is 25.3 Å². The molecule has 2 heterocycles. The monoisotopic (exact) mass is 259 g/mol. The fraction of sp³-hybridized carbons (Fsp3) is 0.500. The van der Waals surface area contributed by atoms with Gasteiger partial charge in [0.15, 0.2) is 0 Å². The molecule has 0 radical (unpaired) electrons. The zero-order chi connectivity index (χ0) is 13.8. The highest BCUT2D eigenvalue weighted by Gasteiger charge is 2.16. The summed E-state index contributed by atoms with van der Waals surface area (Å²) in [6.07, 6.45) is 1.69. The predicted octanol–water partition coefficient (Wildman–Crippen LogP) is 2.16. The zero-order valence-corrected chi connectivity index (χ0v) is 12.0. The summed E-state index contributed by atoms with van der Waals surface area (Å²) in [6.45, 7) is 10.1. The molecule has 0 saturated heterocycles. The van der Waals surface area contributed by atoms with Crippen molar-refractivity contribution in [1.29, 1.82) is 0 Å². The lowest BCUT2D eigenvalue weighted by atomic mass is 10.1. The molecule has 2 aromatic heterocycles. The summed E-state index contributed by atoms with van der Waals surface area (Å²) in [4.78, 5) is 0. The molecule has 1 N–H and O–H groups in total. The Labute approximate surface area is 114 Å². The fourth-order valence-electron chi connectivity index (χ4n) is 2.43. The molecule has 1 unspecified atom stereocenters. The largest absolute Gasteiger partial charge is 0.304 e. The van der Waals surface area contributed by atoms with Gasteiger partial charge in [0.2, 0.25) is 0 Å². The molecule has 0 bridgehead atoms. The van der Waals surface area contributed by atoms with Crippen LogP contribution in [-0.4, -0.2) is 20.0 Å². The maximum atomic E-state index is 4.55. The van der Waals surface area contributed by atoms with Crippen LogP contribution in [0.4, 0.5) is 0 Å². The van der Waals surface area contributed by atoms with Gasteiger partial charge in [0.1, 0.15) is 0 Å². The van der Waals surface area contributed by atoms with Crippen molar-refractivity contribution < 1.29 is 0 Å². The fourth-order valence-corrected chi connectivity index (χ4v) is 2.43. The van der Waals surface area contributed by atoms with Gasteiger partial charge in [-0.15, -0.1) is 0 Å². The minimum Gasteiger partial charge on any atom is -0.304 e. The molecule has 2 rings (SSSR count). The van der Waals surface area contributed by atoms with E-state index in [1.807, 2.05) is 16.8 Å². The maximum absolute atomic E-state index is 4.55. The quantitative estimate of drug-likeness (QED) is 0.894. The molecule has 0 fully saturated rings. The number of aromatic nitrogens is 4. The highest BCUT2D eigenvalue weighted by atomic mass is 15.3. The van der Waals surface area contributed by atoms with Gasteiger partial charge in [-0.1, -0.05) is 0 Å². The van der Waals surface area contributed by atoms with Gasteiger partial charge in [0.25, 0.3) is 0 Å². The van der Waals surface area contributed by atoms with Gasteiger partial charge < -0.3 is 5.32 Å². The number of hydrogen-bond acceptors (Lipinski definition) is 4. The molecule has 0 aliphatic carbocycles. The van der Waals surface area contributed by atoms with Gasteiger partial charge >= 0.3 is 0 Å². The predicted molar refractivity (Wildman–Crippen MR) is 74.7 cm³/mol. The summed E-state index contributed by atoms with van der Waals surface area (Å²) < 4.78 is 2.05. The van der Waals surface area contributed by atoms with Gasteiger partial charge in [-0.05, 0) is 39.8 Å². The van der Waals surface area contributed by atoms with E-state index in [1.165, 1.54) is 11.3 Å². The van der Waals surface area contributed by atoms with Gasteiger partial charge in [0.05, 0.1) is 11.4 Å². The lowest BCUT2D eigenvalue weighted by Crippen LogP contribution is -2.20. The van der Waals surface area contributed by atoms with Crippen LogP contribution in [0, 0.1) is 13.8 Å². The molecule has 2 aromatic rings. The van der Waals surface area contributed by atoms with E-state index in [-0.39, 0.29) is 6.04 Å². The summed E-state index contributed by atoms with van der Waals surface area (Å²) >= 11 is 0. The van der Waals surface area contributed by atoms with E-state index in [0.717, 1.165) is 17.9 Å². The smallest absolute Gasteiger partial charge is 0.0769 e. The molecular weight excluding hydrogens is 238 g/mol. The van der Waals surface area contributed by atoms with E-state index in [2.05, 4.69) is 48.3 Å². The third-order valence-corrected chi connectivity index (χ3v) is 3.39. The van der Waals surface area contributed by atoms with E-state index < -0.39 is 0 Å². The number of nitrogens with zero attached hydrogens (tertiary/aromatic N) is 4. The van der Waals surface area contributed by atoms with Crippen LogP contribution in [0.3, 0.4) is 0 Å². The Morgan fingerprint density at radius 1 is 1.37 bits per heavy atom. The Hall–Kier alpha value is -1.75. The summed E-state index contributed by atoms with van der Waals surface area (Å²) in [7, 11) is 0. The van der Waals surface area contributed by atoms with Crippen LogP contribution in [-0.2, 0) is 13.1 Å². The van der Waals surface area contributed by atoms with Crippen molar-refractivity contribution >= 4 is 0 Å². The molecule has 5 nitrogen and oxygen atoms in total. The lowest BCUT2D eigenvalue weighted by Gasteiger charge is -2.14. The van der Waals surface area contributed by atoms with Gasteiger partial charge in [-0.25, -0.2) is 0 Å². The van der Waals surface area contributed by atoms with Gasteiger partial charge in [0, 0.05) is 36.6 Å². The van der Waals surface area contributed by atoms with E-state index in [1.54, 1.807) is 6.20 Å². The van der Waals surface area contributed by atoms with Crippen LogP contribution in [0.15, 0.2) is 18.3 Å². The summed E-state index contributed by atoms with van der Waals surface area (Å²) in [6, 6.07) is 4.13. The number of rotatable bonds is 5. The van der Waals surface area contributed by atoms with Crippen molar-refractivity contribution in [2.24, 2.45) is 0 Å². The molecule has 0 aromatic carbocycles. The molecule has 0 saturated carbocycles. The highest BCUT2D eigenvalue weighted by Crippen LogP contribution is 2.21. The third kappa shape index (κ3) is 2.98. The minimum absolute atomic E-state index is 0.252. The van der Waals surface area contributed by atoms with Crippen LogP contribution >= 0.6 is 0 Å². The van der Waals surface area contributed by atoms with Crippen LogP contribution in [0.25, 0.3) is 0 Å². The van der Waals surface area contributed by atoms with Crippen LogP contribution in [0.1, 0.15) is 42.5 Å². The maximum Gasteiger partial charge on any atom is 0.0769 e. The minimum atomic E-state index is 0.252. The first kappa shape index (κ1) is 13.7. The molecule has 19 heavy (non-hydrogen) atoms. The number of hydrogen-bond donors (Lipinski definition) is 1. The van der Waals surface area contributed by atoms with Crippen molar-refractivity contribution in [2.45, 2.75) is 46.8 Å². The van der Waals surface area contributed by atoms with Crippen molar-refractivity contribution in [3.05, 3.63) is 41.0 Å². The molecule has 0 aliphatic rings. The normalized spacial score (nSPS) is 12.6. The topological polar surface area (TPSA) is 55.6 Å². The molecule has 0 spiro atoms. The van der Waals surface area contributed by atoms with E-state index in [0.29, 0.717) is 6.54 Å². The van der Waals surface area contributed by atoms with E-state index in [9.17, 15) is 0 Å². The van der Waals surface area contributed by atoms with Crippen molar-refractivity contribution in [2.75, 3.05) is 0 Å². The van der Waals surface area contributed by atoms with E-state index in [4.69, 9.17) is 0 Å². The Bertz CT molecular complexity index is 532. The lowest BCUT2D eigenvalue weighted by molar-refractivity contribution is 0.557. The first-order valence-electron chi connectivity index (χ1n) is 6.67. The average molecular weight is 259 g/mol. The van der Waals surface area contributed by atoms with E-state index >= 15 is 0 Å². The average Bonchev–Trinajstić information content (AvgIpc) is 2.72. The number of aryl methyl sites for hydroxylation is 2. The molecule has 5 heteroatoms. The highest BCUT2D eigenvalue weighted by molar-refractivity contribution is 5.27. The SMILES string of the molecule is CCn1nc(C)c(C(C)NCc2cccnn2)c1C. The molecule has 0 aliphatic heterocycles. The van der Waals surface area contributed by atoms with Crippen LogP contribution < -0.4 is 5.32 Å². The van der Waals surface area contributed by atoms with Gasteiger partial charge in [-0.3, -0.25) is 4.68 Å². The first-order chi connectivity index (χ1) is 9.13. The van der Waals surface area contributed by atoms with Crippen molar-refractivity contribution in [3.63, 3.8) is 0 Å². The molecule has 1 atom stereocenters. The Morgan fingerprint density at radius 3 is 2.74 bits per heavy atom. The Morgan fingerprint density at radius 2 is 2.16 bits per heavy atom. The molecular formula is C14H21N5. The Balaban J connectivity index is 2.08. The second kappa shape index (κ2) is 5.93. The second-order valence-electron chi connectivity index (χ2n) is 4.72. The summed E-state index contributed by atoms with van der Waals surface area (Å²) in [5, 5.41) is 16.0. The molecule has 0 amide bonds. The first-order valence-corrected chi connectivity index (χ1v) is 6.67. The number of nitrogens with one attached hydrogen (secondary N) is 1. The molecule has 102 valence electrons. The second-order valence-corrected chi connectivity index (χ2v) is 4.72. The third-order valence-electron chi connectivity index (χ3n) is 3.39. The van der Waals surface area contributed by atoms with Gasteiger partial charge in [-0.2, -0.15) is 15.3 Å². The summed E-state index contributed by atoms with van der Waals surface area (Å²) in [5.74, 6) is 0. The van der Waals surface area contributed by atoms with Crippen LogP contribution in [0.5, 0.6) is 0 Å². The zero-order valence-electron chi connectivity index (χ0n) is 12.0. The summed E-state index contributed by atoms with van der Waals surface area (Å²) in [5.41, 5.74) is 4.57. The van der Waals surface area contributed by atoms with Crippen molar-refractivity contribution in [3.8, 4) is 0 Å². The van der Waals surface area contributed by atoms with Crippen LogP contribution in [0.2, 0.25) is 0 Å². The Kier molecular flexibility index (Phi) is 4.27. The standard InChI is InChI=1S/C14H21N5/c1-5-19-12(4)14(11(3)18-19)10(2)15-9-13-7-6-8-16-17-13/h6-8,10,15H,5,9H2,1-4H3.